The molecule has 1 spiro atoms. The third-order valence-corrected chi connectivity index (χ3v) is 16.0. The van der Waals surface area contributed by atoms with Gasteiger partial charge in [-0.25, -0.2) is 4.79 Å². The number of hydrogen-bond donors (Lipinski definition) is 3. The highest BCUT2D eigenvalue weighted by Crippen LogP contribution is 2.68. The Morgan fingerprint density at radius 1 is 0.967 bits per heavy atom. The van der Waals surface area contributed by atoms with Gasteiger partial charge in [0.25, 0.3) is 0 Å². The lowest BCUT2D eigenvalue weighted by Gasteiger charge is -2.63. The van der Waals surface area contributed by atoms with E-state index in [9.17, 15) is 24.6 Å². The van der Waals surface area contributed by atoms with Crippen molar-refractivity contribution in [2.45, 2.75) is 111 Å². The fraction of sp³-hybridized carbons (Fsp3) is 0.609. The molecule has 14 heteroatoms. The molecule has 6 aliphatic heterocycles. The van der Waals surface area contributed by atoms with Crippen molar-refractivity contribution in [3.05, 3.63) is 65.2 Å². The maximum atomic E-state index is 15.4. The van der Waals surface area contributed by atoms with Crippen molar-refractivity contribution in [1.82, 2.24) is 9.80 Å². The van der Waals surface area contributed by atoms with Crippen molar-refractivity contribution >= 4 is 35.7 Å². The fourth-order valence-electron chi connectivity index (χ4n) is 13.9. The Hall–Kier alpha value is -4.50. The lowest BCUT2D eigenvalue weighted by Crippen LogP contribution is -2.81. The molecular formula is C46H58N4O10. The highest BCUT2D eigenvalue weighted by atomic mass is 16.6. The van der Waals surface area contributed by atoms with Gasteiger partial charge in [-0.2, -0.15) is 0 Å². The molecular weight excluding hydrogens is 769 g/mol. The molecule has 322 valence electrons. The van der Waals surface area contributed by atoms with Crippen LogP contribution in [0.25, 0.3) is 0 Å². The van der Waals surface area contributed by atoms with Crippen LogP contribution in [0.4, 0.5) is 11.4 Å². The number of ether oxygens (including phenoxy) is 4. The Kier molecular flexibility index (Phi) is 9.73. The smallest absolute Gasteiger partial charge is 0.344 e. The van der Waals surface area contributed by atoms with E-state index in [-0.39, 0.29) is 11.8 Å². The van der Waals surface area contributed by atoms with Gasteiger partial charge in [-0.1, -0.05) is 44.2 Å². The van der Waals surface area contributed by atoms with Gasteiger partial charge in [-0.3, -0.25) is 19.3 Å². The maximum Gasteiger partial charge on any atom is 0.344 e. The summed E-state index contributed by atoms with van der Waals surface area (Å²) >= 11 is 0. The minimum absolute atomic E-state index is 0.121. The molecule has 9 rings (SSSR count). The predicted molar refractivity (Wildman–Crippen MR) is 221 cm³/mol. The van der Waals surface area contributed by atoms with Gasteiger partial charge in [0.2, 0.25) is 12.0 Å². The number of nitrogens with zero attached hydrogens (tertiary/aromatic N) is 3. The highest BCUT2D eigenvalue weighted by molar-refractivity contribution is 5.94. The molecule has 7 aliphatic rings. The first-order valence-corrected chi connectivity index (χ1v) is 21.5. The Labute approximate surface area is 351 Å². The number of carbonyl (C=O) groups is 4. The molecule has 2 aromatic rings. The van der Waals surface area contributed by atoms with Gasteiger partial charge in [0.05, 0.1) is 44.7 Å². The summed E-state index contributed by atoms with van der Waals surface area (Å²) in [6.45, 7) is 8.31. The number of amides is 1. The molecule has 4 unspecified atom stereocenters. The molecule has 1 saturated carbocycles. The van der Waals surface area contributed by atoms with Crippen molar-refractivity contribution in [2.24, 2.45) is 11.3 Å². The number of methoxy groups -OCH3 is 3. The average Bonchev–Trinajstić information content (AvgIpc) is 3.92. The molecule has 14 nitrogen and oxygen atoms in total. The van der Waals surface area contributed by atoms with Crippen LogP contribution in [0, 0.1) is 11.3 Å². The van der Waals surface area contributed by atoms with E-state index in [1.807, 2.05) is 50.3 Å². The van der Waals surface area contributed by atoms with Gasteiger partial charge in [0, 0.05) is 66.7 Å². The Balaban J connectivity index is 1.35. The van der Waals surface area contributed by atoms with Crippen LogP contribution in [-0.2, 0) is 44.2 Å². The number of para-hydroxylation sites is 1. The molecule has 2 bridgehead atoms. The van der Waals surface area contributed by atoms with Crippen molar-refractivity contribution < 1.29 is 48.3 Å². The lowest BCUT2D eigenvalue weighted by molar-refractivity contribution is -0.228. The van der Waals surface area contributed by atoms with Crippen LogP contribution in [0.15, 0.2) is 48.6 Å². The van der Waals surface area contributed by atoms with Gasteiger partial charge in [-0.15, -0.1) is 0 Å². The average molecular weight is 827 g/mol. The molecule has 2 aromatic carbocycles. The standard InChI is InChI=1S/C46H58N4O10/c1-7-42(55)22-28-23-45(40(53)58-5,36-30(14-18-48(24-28)25-42)29-12-9-10-13-33(29)47-36)32-20-31-34(21-35(32)57-4)50(26-51)38-44(31)16-19-49-17-11-15-43(8-2,37(44)49)39(60-27(3)52)46(38,56)41(54)59-6/h9-13,15,20-21,26,28,30,36-39,47,55-56H,7-8,14,16-19,22-25H2,1-6H3/t28?,30?,36?,37-,38+,39+,42-,43+,44+,45-,46-/m0/s1. The van der Waals surface area contributed by atoms with Crippen LogP contribution in [0.1, 0.15) is 81.9 Å². The zero-order chi connectivity index (χ0) is 42.6. The molecule has 0 radical (unpaired) electrons. The Morgan fingerprint density at radius 3 is 2.42 bits per heavy atom. The van der Waals surface area contributed by atoms with E-state index in [2.05, 4.69) is 21.2 Å². The van der Waals surface area contributed by atoms with E-state index in [1.54, 1.807) is 6.07 Å². The summed E-state index contributed by atoms with van der Waals surface area (Å²) in [5.41, 5.74) is -3.35. The second-order valence-electron chi connectivity index (χ2n) is 18.5. The summed E-state index contributed by atoms with van der Waals surface area (Å²) in [5, 5.41) is 29.1. The lowest BCUT2D eigenvalue weighted by atomic mass is 9.47. The van der Waals surface area contributed by atoms with Crippen LogP contribution in [-0.4, -0.2) is 134 Å². The summed E-state index contributed by atoms with van der Waals surface area (Å²) in [5.74, 6) is -2.06. The van der Waals surface area contributed by atoms with Crippen LogP contribution < -0.4 is 15.0 Å². The molecule has 1 amide bonds. The van der Waals surface area contributed by atoms with Crippen LogP contribution in [0.5, 0.6) is 5.75 Å². The number of hydrogen-bond acceptors (Lipinski definition) is 13. The van der Waals surface area contributed by atoms with Gasteiger partial charge in [0.15, 0.2) is 6.10 Å². The predicted octanol–water partition coefficient (Wildman–Crippen LogP) is 3.41. The zero-order valence-corrected chi connectivity index (χ0v) is 35.4. The third-order valence-electron chi connectivity index (χ3n) is 16.0. The summed E-state index contributed by atoms with van der Waals surface area (Å²) in [6.07, 6.45) is 6.10. The fourth-order valence-corrected chi connectivity index (χ4v) is 13.9. The molecule has 3 N–H and O–H groups in total. The number of esters is 3. The van der Waals surface area contributed by atoms with Crippen molar-refractivity contribution in [3.63, 3.8) is 0 Å². The molecule has 4 fully saturated rings. The molecule has 60 heavy (non-hydrogen) atoms. The number of benzene rings is 2. The first-order chi connectivity index (χ1) is 28.8. The third kappa shape index (κ3) is 5.26. The van der Waals surface area contributed by atoms with E-state index in [0.29, 0.717) is 93.7 Å². The number of nitrogens with one attached hydrogen (secondary N) is 1. The molecule has 6 heterocycles. The summed E-state index contributed by atoms with van der Waals surface area (Å²) in [7, 11) is 4.13. The Bertz CT molecular complexity index is 2150. The second-order valence-corrected chi connectivity index (χ2v) is 18.5. The summed E-state index contributed by atoms with van der Waals surface area (Å²) in [6, 6.07) is 9.72. The minimum Gasteiger partial charge on any atom is -0.496 e. The van der Waals surface area contributed by atoms with Crippen molar-refractivity contribution in [2.75, 3.05) is 64.3 Å². The normalized spacial score (nSPS) is 39.6. The molecule has 1 aliphatic carbocycles. The number of anilines is 2. The summed E-state index contributed by atoms with van der Waals surface area (Å²) < 4.78 is 23.8. The SMILES string of the molecule is CC[C@]1(O)CC2CN(CCC3c4ccccc4NC3[C@@](C(=O)OC)(c3cc4c(cc3OC)N(C=O)[C@H]3[C@@](O)(C(=O)OC)[C@H](OC(C)=O)[C@]5(CC)C=CCN6CC[C@]43[C@@H]65)C2)C1. The van der Waals surface area contributed by atoms with E-state index in [1.165, 1.54) is 33.2 Å². The second kappa shape index (κ2) is 14.3. The molecule has 12 atom stereocenters. The first-order valence-electron chi connectivity index (χ1n) is 21.5. The van der Waals surface area contributed by atoms with E-state index in [4.69, 9.17) is 18.9 Å². The van der Waals surface area contributed by atoms with Gasteiger partial charge in [-0.05, 0) is 80.8 Å². The maximum absolute atomic E-state index is 15.4. The molecule has 3 saturated heterocycles. The first kappa shape index (κ1) is 40.9. The topological polar surface area (TPSA) is 167 Å². The number of carbonyl (C=O) groups excluding carboxylic acids is 4. The van der Waals surface area contributed by atoms with E-state index < -0.39 is 69.6 Å². The number of piperidine rings is 1. The number of fused-ring (bicyclic) bond motifs is 6. The van der Waals surface area contributed by atoms with Gasteiger partial charge in [0.1, 0.15) is 11.2 Å². The van der Waals surface area contributed by atoms with Crippen LogP contribution in [0.3, 0.4) is 0 Å². The highest BCUT2D eigenvalue weighted by Gasteiger charge is 2.81. The van der Waals surface area contributed by atoms with Crippen molar-refractivity contribution in [3.8, 4) is 5.75 Å². The van der Waals surface area contributed by atoms with E-state index in [0.717, 1.165) is 17.8 Å². The quantitative estimate of drug-likeness (QED) is 0.154. The molecule has 0 aromatic heterocycles. The zero-order valence-electron chi connectivity index (χ0n) is 35.4. The minimum atomic E-state index is -2.52. The monoisotopic (exact) mass is 826 g/mol. The van der Waals surface area contributed by atoms with Crippen molar-refractivity contribution in [1.29, 1.82) is 0 Å². The largest absolute Gasteiger partial charge is 0.496 e. The Morgan fingerprint density at radius 2 is 1.73 bits per heavy atom. The number of aliphatic hydroxyl groups is 2. The number of rotatable bonds is 8. The van der Waals surface area contributed by atoms with Gasteiger partial charge < -0.3 is 44.3 Å². The van der Waals surface area contributed by atoms with E-state index >= 15 is 4.79 Å². The summed E-state index contributed by atoms with van der Waals surface area (Å²) in [4.78, 5) is 62.5. The van der Waals surface area contributed by atoms with Gasteiger partial charge >= 0.3 is 17.9 Å². The van der Waals surface area contributed by atoms with Crippen LogP contribution in [0.2, 0.25) is 0 Å². The van der Waals surface area contributed by atoms with Crippen LogP contribution >= 0.6 is 0 Å².